The van der Waals surface area contributed by atoms with Crippen molar-refractivity contribution in [3.8, 4) is 0 Å². The molecule has 0 saturated carbocycles. The van der Waals surface area contributed by atoms with E-state index in [0.29, 0.717) is 12.1 Å². The van der Waals surface area contributed by atoms with Crippen molar-refractivity contribution < 1.29 is 4.74 Å². The van der Waals surface area contributed by atoms with Crippen LogP contribution in [-0.4, -0.2) is 32.3 Å². The van der Waals surface area contributed by atoms with Crippen LogP contribution in [0.15, 0.2) is 30.3 Å². The number of methoxy groups -OCH3 is 1. The van der Waals surface area contributed by atoms with E-state index >= 15 is 0 Å². The molecular formula is C13H20N2O. The molecule has 1 aromatic rings. The van der Waals surface area contributed by atoms with Crippen LogP contribution in [0.1, 0.15) is 12.0 Å². The zero-order valence-electron chi connectivity index (χ0n) is 9.78. The first-order chi connectivity index (χ1) is 7.88. The molecule has 1 saturated heterocycles. The summed E-state index contributed by atoms with van der Waals surface area (Å²) in [5.41, 5.74) is 1.34. The van der Waals surface area contributed by atoms with E-state index in [9.17, 15) is 0 Å². The largest absolute Gasteiger partial charge is 0.380 e. The Bertz CT molecular complexity index is 302. The predicted octanol–water partition coefficient (Wildman–Crippen LogP) is 1.15. The van der Waals surface area contributed by atoms with Crippen LogP contribution in [0, 0.1) is 0 Å². The normalized spacial score (nSPS) is 24.8. The van der Waals surface area contributed by atoms with Crippen LogP contribution >= 0.6 is 0 Å². The van der Waals surface area contributed by atoms with Crippen molar-refractivity contribution in [1.82, 2.24) is 10.6 Å². The van der Waals surface area contributed by atoms with Crippen LogP contribution in [-0.2, 0) is 11.3 Å². The summed E-state index contributed by atoms with van der Waals surface area (Å²) < 4.78 is 5.32. The summed E-state index contributed by atoms with van der Waals surface area (Å²) >= 11 is 0. The van der Waals surface area contributed by atoms with Gasteiger partial charge < -0.3 is 15.4 Å². The minimum absolute atomic E-state index is 0.392. The molecule has 0 radical (unpaired) electrons. The second-order valence-electron chi connectivity index (χ2n) is 4.32. The van der Waals surface area contributed by atoms with Crippen molar-refractivity contribution in [2.75, 3.05) is 20.2 Å². The van der Waals surface area contributed by atoms with Crippen LogP contribution in [0.3, 0.4) is 0 Å². The van der Waals surface area contributed by atoms with E-state index in [4.69, 9.17) is 4.74 Å². The summed E-state index contributed by atoms with van der Waals surface area (Å²) in [4.78, 5) is 0. The molecule has 0 bridgehead atoms. The molecule has 2 N–H and O–H groups in total. The number of hydrogen-bond donors (Lipinski definition) is 2. The van der Waals surface area contributed by atoms with E-state index in [1.165, 1.54) is 5.56 Å². The Morgan fingerprint density at radius 1 is 1.38 bits per heavy atom. The lowest BCUT2D eigenvalue weighted by atomic mass is 10.2. The molecule has 16 heavy (non-hydrogen) atoms. The predicted molar refractivity (Wildman–Crippen MR) is 65.4 cm³/mol. The third kappa shape index (κ3) is 3.30. The van der Waals surface area contributed by atoms with Gasteiger partial charge in [0, 0.05) is 32.8 Å². The quantitative estimate of drug-likeness (QED) is 0.781. The Morgan fingerprint density at radius 3 is 2.88 bits per heavy atom. The SMILES string of the molecule is COC1CNC(CNCc2ccccc2)C1. The molecule has 0 amide bonds. The smallest absolute Gasteiger partial charge is 0.0711 e. The second-order valence-corrected chi connectivity index (χ2v) is 4.32. The van der Waals surface area contributed by atoms with Crippen molar-refractivity contribution in [1.29, 1.82) is 0 Å². The zero-order valence-corrected chi connectivity index (χ0v) is 9.78. The minimum atomic E-state index is 0.392. The van der Waals surface area contributed by atoms with E-state index in [1.54, 1.807) is 7.11 Å². The van der Waals surface area contributed by atoms with Gasteiger partial charge in [-0.2, -0.15) is 0 Å². The van der Waals surface area contributed by atoms with Gasteiger partial charge in [-0.05, 0) is 12.0 Å². The van der Waals surface area contributed by atoms with E-state index in [-0.39, 0.29) is 0 Å². The molecule has 1 aromatic carbocycles. The van der Waals surface area contributed by atoms with Gasteiger partial charge in [-0.15, -0.1) is 0 Å². The van der Waals surface area contributed by atoms with Gasteiger partial charge in [0.05, 0.1) is 6.10 Å². The molecule has 3 nitrogen and oxygen atoms in total. The molecule has 2 unspecified atom stereocenters. The highest BCUT2D eigenvalue weighted by atomic mass is 16.5. The van der Waals surface area contributed by atoms with Crippen molar-refractivity contribution in [2.45, 2.75) is 25.1 Å². The summed E-state index contributed by atoms with van der Waals surface area (Å²) in [6.07, 6.45) is 1.50. The van der Waals surface area contributed by atoms with E-state index in [0.717, 1.165) is 26.1 Å². The van der Waals surface area contributed by atoms with Gasteiger partial charge in [0.25, 0.3) is 0 Å². The molecule has 0 aliphatic carbocycles. The number of hydrogen-bond acceptors (Lipinski definition) is 3. The van der Waals surface area contributed by atoms with Crippen LogP contribution in [0.5, 0.6) is 0 Å². The average molecular weight is 220 g/mol. The standard InChI is InChI=1S/C13H20N2O/c1-16-13-7-12(15-10-13)9-14-8-11-5-3-2-4-6-11/h2-6,12-15H,7-10H2,1H3. The van der Waals surface area contributed by atoms with Gasteiger partial charge in [-0.25, -0.2) is 0 Å². The lowest BCUT2D eigenvalue weighted by Crippen LogP contribution is -2.33. The molecule has 88 valence electrons. The Kier molecular flexibility index (Phi) is 4.34. The Labute approximate surface area is 97.2 Å². The lowest BCUT2D eigenvalue weighted by molar-refractivity contribution is 0.117. The van der Waals surface area contributed by atoms with Crippen molar-refractivity contribution >= 4 is 0 Å². The van der Waals surface area contributed by atoms with Crippen LogP contribution in [0.4, 0.5) is 0 Å². The fourth-order valence-corrected chi connectivity index (χ4v) is 2.10. The van der Waals surface area contributed by atoms with E-state index in [1.807, 2.05) is 6.07 Å². The topological polar surface area (TPSA) is 33.3 Å². The highest BCUT2D eigenvalue weighted by molar-refractivity contribution is 5.14. The molecule has 1 aliphatic rings. The van der Waals surface area contributed by atoms with Crippen molar-refractivity contribution in [3.63, 3.8) is 0 Å². The van der Waals surface area contributed by atoms with E-state index < -0.39 is 0 Å². The van der Waals surface area contributed by atoms with Gasteiger partial charge in [-0.3, -0.25) is 0 Å². The van der Waals surface area contributed by atoms with Crippen molar-refractivity contribution in [3.05, 3.63) is 35.9 Å². The first-order valence-corrected chi connectivity index (χ1v) is 5.89. The monoisotopic (exact) mass is 220 g/mol. The summed E-state index contributed by atoms with van der Waals surface area (Å²) in [5, 5.41) is 6.93. The molecule has 0 spiro atoms. The summed E-state index contributed by atoms with van der Waals surface area (Å²) in [5.74, 6) is 0. The van der Waals surface area contributed by atoms with Gasteiger partial charge in [0.15, 0.2) is 0 Å². The first kappa shape index (κ1) is 11.6. The van der Waals surface area contributed by atoms with Gasteiger partial charge >= 0.3 is 0 Å². The molecular weight excluding hydrogens is 200 g/mol. The molecule has 2 atom stereocenters. The number of rotatable bonds is 5. The highest BCUT2D eigenvalue weighted by Gasteiger charge is 2.22. The highest BCUT2D eigenvalue weighted by Crippen LogP contribution is 2.08. The fourth-order valence-electron chi connectivity index (χ4n) is 2.10. The number of nitrogens with one attached hydrogen (secondary N) is 2. The van der Waals surface area contributed by atoms with Gasteiger partial charge in [0.2, 0.25) is 0 Å². The van der Waals surface area contributed by atoms with Gasteiger partial charge in [0.1, 0.15) is 0 Å². The van der Waals surface area contributed by atoms with Crippen LogP contribution < -0.4 is 10.6 Å². The van der Waals surface area contributed by atoms with Crippen LogP contribution in [0.25, 0.3) is 0 Å². The minimum Gasteiger partial charge on any atom is -0.380 e. The van der Waals surface area contributed by atoms with Crippen LogP contribution in [0.2, 0.25) is 0 Å². The van der Waals surface area contributed by atoms with Gasteiger partial charge in [-0.1, -0.05) is 30.3 Å². The summed E-state index contributed by atoms with van der Waals surface area (Å²) in [6, 6.07) is 11.0. The van der Waals surface area contributed by atoms with E-state index in [2.05, 4.69) is 34.9 Å². The zero-order chi connectivity index (χ0) is 11.2. The summed E-state index contributed by atoms with van der Waals surface area (Å²) in [6.45, 7) is 2.93. The summed E-state index contributed by atoms with van der Waals surface area (Å²) in [7, 11) is 1.78. The third-order valence-electron chi connectivity index (χ3n) is 3.08. The first-order valence-electron chi connectivity index (χ1n) is 5.89. The molecule has 3 heteroatoms. The maximum absolute atomic E-state index is 5.32. The average Bonchev–Trinajstić information content (AvgIpc) is 2.78. The maximum atomic E-state index is 5.32. The second kappa shape index (κ2) is 5.99. The maximum Gasteiger partial charge on any atom is 0.0711 e. The fraction of sp³-hybridized carbons (Fsp3) is 0.538. The molecule has 1 aliphatic heterocycles. The third-order valence-corrected chi connectivity index (χ3v) is 3.08. The Morgan fingerprint density at radius 2 is 2.19 bits per heavy atom. The molecule has 0 aromatic heterocycles. The Balaban J connectivity index is 1.65. The lowest BCUT2D eigenvalue weighted by Gasteiger charge is -2.11. The number of benzene rings is 1. The Hall–Kier alpha value is -0.900. The van der Waals surface area contributed by atoms with Crippen molar-refractivity contribution in [2.24, 2.45) is 0 Å². The number of ether oxygens (including phenoxy) is 1. The molecule has 2 rings (SSSR count). The molecule has 1 heterocycles. The molecule has 1 fully saturated rings.